The number of aliphatic hydroxyl groups is 1. The van der Waals surface area contributed by atoms with Gasteiger partial charge in [-0.3, -0.25) is 4.90 Å². The molecule has 2 saturated heterocycles. The second-order valence-corrected chi connectivity index (χ2v) is 8.25. The lowest BCUT2D eigenvalue weighted by molar-refractivity contribution is 0.0444. The Morgan fingerprint density at radius 1 is 1.00 bits per heavy atom. The number of ether oxygens (including phenoxy) is 1. The lowest BCUT2D eigenvalue weighted by Crippen LogP contribution is -2.54. The summed E-state index contributed by atoms with van der Waals surface area (Å²) in [6, 6.07) is 19.0. The van der Waals surface area contributed by atoms with Crippen LogP contribution >= 0.6 is 0 Å². The zero-order chi connectivity index (χ0) is 18.7. The molecule has 1 N–H and O–H groups in total. The first-order chi connectivity index (χ1) is 13.1. The Morgan fingerprint density at radius 3 is 2.48 bits per heavy atom. The van der Waals surface area contributed by atoms with Gasteiger partial charge in [0.05, 0.1) is 18.7 Å². The van der Waals surface area contributed by atoms with Gasteiger partial charge in [0, 0.05) is 18.8 Å². The summed E-state index contributed by atoms with van der Waals surface area (Å²) >= 11 is 0. The molecule has 0 bridgehead atoms. The van der Waals surface area contributed by atoms with E-state index >= 15 is 0 Å². The van der Waals surface area contributed by atoms with E-state index in [9.17, 15) is 5.11 Å². The van der Waals surface area contributed by atoms with Gasteiger partial charge >= 0.3 is 0 Å². The van der Waals surface area contributed by atoms with Crippen LogP contribution in [0.25, 0.3) is 0 Å². The number of para-hydroxylation sites is 1. The third-order valence-corrected chi connectivity index (χ3v) is 5.76. The number of nitrogens with zero attached hydrogens (tertiary/aromatic N) is 2. The molecule has 2 fully saturated rings. The lowest BCUT2D eigenvalue weighted by Gasteiger charge is -2.40. The number of likely N-dealkylation sites (tertiary alicyclic amines) is 1. The zero-order valence-corrected chi connectivity index (χ0v) is 16.2. The normalized spacial score (nSPS) is 24.3. The maximum Gasteiger partial charge on any atom is 0.133 e. The molecule has 0 spiro atoms. The zero-order valence-electron chi connectivity index (χ0n) is 16.2. The standard InChI is InChI=1S/C23H30N2O2/c1-23(26)12-5-14-24(15-13-23)16-19-8-10-21(11-9-19)27-22-17-25(18-22)20-6-3-2-4-7-20/h2-4,6-11,22,26H,5,12-18H2,1H3. The predicted octanol–water partition coefficient (Wildman–Crippen LogP) is 3.69. The van der Waals surface area contributed by atoms with Crippen molar-refractivity contribution in [2.24, 2.45) is 0 Å². The third-order valence-electron chi connectivity index (χ3n) is 5.76. The van der Waals surface area contributed by atoms with Crippen LogP contribution < -0.4 is 9.64 Å². The highest BCUT2D eigenvalue weighted by atomic mass is 16.5. The van der Waals surface area contributed by atoms with Gasteiger partial charge in [-0.2, -0.15) is 0 Å². The van der Waals surface area contributed by atoms with Crippen molar-refractivity contribution < 1.29 is 9.84 Å². The van der Waals surface area contributed by atoms with Gasteiger partial charge in [-0.1, -0.05) is 30.3 Å². The maximum absolute atomic E-state index is 10.2. The molecule has 2 aliphatic rings. The molecular formula is C23H30N2O2. The smallest absolute Gasteiger partial charge is 0.133 e. The van der Waals surface area contributed by atoms with Crippen molar-refractivity contribution in [2.75, 3.05) is 31.1 Å². The summed E-state index contributed by atoms with van der Waals surface area (Å²) in [4.78, 5) is 4.79. The van der Waals surface area contributed by atoms with Crippen LogP contribution in [0.1, 0.15) is 31.7 Å². The van der Waals surface area contributed by atoms with Crippen LogP contribution in [0.3, 0.4) is 0 Å². The number of anilines is 1. The topological polar surface area (TPSA) is 35.9 Å². The minimum absolute atomic E-state index is 0.267. The van der Waals surface area contributed by atoms with Gasteiger partial charge in [0.2, 0.25) is 0 Å². The highest BCUT2D eigenvalue weighted by Gasteiger charge is 2.28. The fraction of sp³-hybridized carbons (Fsp3) is 0.478. The minimum atomic E-state index is -0.497. The Balaban J connectivity index is 1.25. The first-order valence-corrected chi connectivity index (χ1v) is 10.1. The van der Waals surface area contributed by atoms with Crippen LogP contribution in [-0.2, 0) is 6.54 Å². The molecule has 27 heavy (non-hydrogen) atoms. The molecule has 0 saturated carbocycles. The van der Waals surface area contributed by atoms with Gasteiger partial charge in [-0.15, -0.1) is 0 Å². The Morgan fingerprint density at radius 2 is 1.74 bits per heavy atom. The highest BCUT2D eigenvalue weighted by molar-refractivity contribution is 5.49. The van der Waals surface area contributed by atoms with E-state index in [1.165, 1.54) is 11.3 Å². The molecule has 0 aliphatic carbocycles. The first kappa shape index (κ1) is 18.3. The number of benzene rings is 2. The van der Waals surface area contributed by atoms with Crippen molar-refractivity contribution in [2.45, 2.75) is 44.4 Å². The van der Waals surface area contributed by atoms with Gasteiger partial charge in [-0.25, -0.2) is 0 Å². The van der Waals surface area contributed by atoms with E-state index in [4.69, 9.17) is 4.74 Å². The number of rotatable bonds is 5. The average molecular weight is 367 g/mol. The molecule has 2 heterocycles. The Kier molecular flexibility index (Phi) is 5.37. The van der Waals surface area contributed by atoms with Gasteiger partial charge in [-0.05, 0) is 62.6 Å². The molecule has 144 valence electrons. The number of hydrogen-bond acceptors (Lipinski definition) is 4. The molecule has 2 aliphatic heterocycles. The van der Waals surface area contributed by atoms with Gasteiger partial charge in [0.1, 0.15) is 11.9 Å². The fourth-order valence-corrected chi connectivity index (χ4v) is 3.96. The quantitative estimate of drug-likeness (QED) is 0.875. The number of hydrogen-bond donors (Lipinski definition) is 1. The van der Waals surface area contributed by atoms with E-state index in [1.807, 2.05) is 13.0 Å². The Labute approximate surface area is 162 Å². The molecule has 4 heteroatoms. The van der Waals surface area contributed by atoms with Gasteiger partial charge in [0.25, 0.3) is 0 Å². The monoisotopic (exact) mass is 366 g/mol. The van der Waals surface area contributed by atoms with Crippen LogP contribution in [0.4, 0.5) is 5.69 Å². The first-order valence-electron chi connectivity index (χ1n) is 10.1. The van der Waals surface area contributed by atoms with Gasteiger partial charge in [0.15, 0.2) is 0 Å². The van der Waals surface area contributed by atoms with Crippen LogP contribution in [-0.4, -0.2) is 47.9 Å². The van der Waals surface area contributed by atoms with E-state index in [1.54, 1.807) is 0 Å². The van der Waals surface area contributed by atoms with Crippen molar-refractivity contribution in [3.05, 3.63) is 60.2 Å². The van der Waals surface area contributed by atoms with Crippen molar-refractivity contribution in [1.82, 2.24) is 4.90 Å². The molecule has 0 radical (unpaired) electrons. The summed E-state index contributed by atoms with van der Waals surface area (Å²) < 4.78 is 6.11. The summed E-state index contributed by atoms with van der Waals surface area (Å²) in [5.74, 6) is 0.954. The van der Waals surface area contributed by atoms with E-state index in [0.29, 0.717) is 0 Å². The van der Waals surface area contributed by atoms with E-state index in [0.717, 1.165) is 57.7 Å². The van der Waals surface area contributed by atoms with Crippen molar-refractivity contribution in [3.63, 3.8) is 0 Å². The lowest BCUT2D eigenvalue weighted by atomic mass is 9.98. The summed E-state index contributed by atoms with van der Waals surface area (Å²) in [5, 5.41) is 10.2. The van der Waals surface area contributed by atoms with Crippen molar-refractivity contribution >= 4 is 5.69 Å². The third kappa shape index (κ3) is 4.82. The Hall–Kier alpha value is -2.04. The molecule has 2 aromatic carbocycles. The van der Waals surface area contributed by atoms with E-state index < -0.39 is 5.60 Å². The summed E-state index contributed by atoms with van der Waals surface area (Å²) in [6.45, 7) is 6.82. The van der Waals surface area contributed by atoms with Crippen molar-refractivity contribution in [3.8, 4) is 5.75 Å². The van der Waals surface area contributed by atoms with E-state index in [2.05, 4.69) is 58.3 Å². The minimum Gasteiger partial charge on any atom is -0.487 e. The molecule has 1 atom stereocenters. The molecule has 0 aromatic heterocycles. The molecule has 4 nitrogen and oxygen atoms in total. The summed E-state index contributed by atoms with van der Waals surface area (Å²) in [6.07, 6.45) is 3.09. The second kappa shape index (κ2) is 7.91. The molecule has 2 aromatic rings. The molecular weight excluding hydrogens is 336 g/mol. The van der Waals surface area contributed by atoms with Crippen LogP contribution in [0.5, 0.6) is 5.75 Å². The fourth-order valence-electron chi connectivity index (χ4n) is 3.96. The molecule has 0 amide bonds. The molecule has 1 unspecified atom stereocenters. The average Bonchev–Trinajstić information content (AvgIpc) is 2.80. The highest BCUT2D eigenvalue weighted by Crippen LogP contribution is 2.25. The van der Waals surface area contributed by atoms with Crippen LogP contribution in [0.2, 0.25) is 0 Å². The second-order valence-electron chi connectivity index (χ2n) is 8.25. The van der Waals surface area contributed by atoms with Crippen molar-refractivity contribution in [1.29, 1.82) is 0 Å². The van der Waals surface area contributed by atoms with E-state index in [-0.39, 0.29) is 6.10 Å². The molecule has 4 rings (SSSR count). The summed E-state index contributed by atoms with van der Waals surface area (Å²) in [7, 11) is 0. The predicted molar refractivity (Wildman–Crippen MR) is 109 cm³/mol. The Bertz CT molecular complexity index is 724. The summed E-state index contributed by atoms with van der Waals surface area (Å²) in [5.41, 5.74) is 2.08. The maximum atomic E-state index is 10.2. The van der Waals surface area contributed by atoms with Gasteiger partial charge < -0.3 is 14.7 Å². The largest absolute Gasteiger partial charge is 0.487 e. The van der Waals surface area contributed by atoms with Crippen LogP contribution in [0, 0.1) is 0 Å². The van der Waals surface area contributed by atoms with Crippen LogP contribution in [0.15, 0.2) is 54.6 Å². The SMILES string of the molecule is CC1(O)CCCN(Cc2ccc(OC3CN(c4ccccc4)C3)cc2)CC1.